The van der Waals surface area contributed by atoms with Crippen LogP contribution in [0.1, 0.15) is 32.3 Å². The molecule has 0 heterocycles. The lowest BCUT2D eigenvalue weighted by atomic mass is 9.80. The van der Waals surface area contributed by atoms with Gasteiger partial charge in [0.2, 0.25) is 10.0 Å². The third kappa shape index (κ3) is 3.68. The third-order valence-electron chi connectivity index (χ3n) is 3.40. The van der Waals surface area contributed by atoms with Crippen LogP contribution in [0.5, 0.6) is 0 Å². The van der Waals surface area contributed by atoms with E-state index in [-0.39, 0.29) is 6.04 Å². The molecule has 0 saturated carbocycles. The first-order valence-electron chi connectivity index (χ1n) is 6.35. The molecule has 6 heteroatoms. The van der Waals surface area contributed by atoms with Gasteiger partial charge in [0, 0.05) is 11.7 Å². The van der Waals surface area contributed by atoms with E-state index in [4.69, 9.17) is 11.5 Å². The Morgan fingerprint density at radius 3 is 2.42 bits per heavy atom. The number of nitrogens with one attached hydrogen (secondary N) is 1. The summed E-state index contributed by atoms with van der Waals surface area (Å²) in [7, 11) is -3.38. The molecule has 1 aromatic carbocycles. The molecule has 5 N–H and O–H groups in total. The first kappa shape index (κ1) is 15.9. The van der Waals surface area contributed by atoms with Crippen LogP contribution >= 0.6 is 0 Å². The van der Waals surface area contributed by atoms with Crippen LogP contribution in [0.15, 0.2) is 24.3 Å². The second-order valence-corrected chi connectivity index (χ2v) is 6.59. The van der Waals surface area contributed by atoms with Crippen molar-refractivity contribution in [2.24, 2.45) is 5.73 Å². The summed E-state index contributed by atoms with van der Waals surface area (Å²) >= 11 is 0. The molecule has 2 atom stereocenters. The summed E-state index contributed by atoms with van der Waals surface area (Å²) in [5.41, 5.74) is 12.6. The molecule has 5 nitrogen and oxygen atoms in total. The maximum Gasteiger partial charge on any atom is 0.209 e. The van der Waals surface area contributed by atoms with Crippen LogP contribution in [0.4, 0.5) is 5.69 Å². The predicted molar refractivity (Wildman–Crippen MR) is 79.1 cm³/mol. The van der Waals surface area contributed by atoms with Gasteiger partial charge in [-0.25, -0.2) is 13.1 Å². The van der Waals surface area contributed by atoms with E-state index in [1.165, 1.54) is 0 Å². The summed E-state index contributed by atoms with van der Waals surface area (Å²) in [6.45, 7) is 3.85. The minimum Gasteiger partial charge on any atom is -0.399 e. The van der Waals surface area contributed by atoms with Crippen molar-refractivity contribution in [1.29, 1.82) is 0 Å². The second kappa shape index (κ2) is 5.90. The Labute approximate surface area is 115 Å². The summed E-state index contributed by atoms with van der Waals surface area (Å²) < 4.78 is 26.1. The summed E-state index contributed by atoms with van der Waals surface area (Å²) in [4.78, 5) is 0. The molecular formula is C13H23N3O2S. The fourth-order valence-electron chi connectivity index (χ4n) is 2.38. The fraction of sp³-hybridized carbons (Fsp3) is 0.538. The molecule has 2 unspecified atom stereocenters. The highest BCUT2D eigenvalue weighted by Crippen LogP contribution is 2.31. The smallest absolute Gasteiger partial charge is 0.209 e. The molecule has 1 aromatic rings. The Morgan fingerprint density at radius 1 is 1.37 bits per heavy atom. The van der Waals surface area contributed by atoms with Crippen molar-refractivity contribution in [1.82, 2.24) is 4.72 Å². The lowest BCUT2D eigenvalue weighted by Gasteiger charge is -2.38. The van der Waals surface area contributed by atoms with E-state index in [0.717, 1.165) is 11.8 Å². The molecule has 0 spiro atoms. The molecule has 0 bridgehead atoms. The maximum absolute atomic E-state index is 11.7. The Morgan fingerprint density at radius 2 is 2.00 bits per heavy atom. The Hall–Kier alpha value is -1.11. The monoisotopic (exact) mass is 285 g/mol. The van der Waals surface area contributed by atoms with Crippen molar-refractivity contribution in [2.45, 2.75) is 38.3 Å². The molecule has 0 aliphatic heterocycles. The number of hydrogen-bond donors (Lipinski definition) is 3. The van der Waals surface area contributed by atoms with Crippen LogP contribution < -0.4 is 16.2 Å². The molecule has 0 aliphatic rings. The van der Waals surface area contributed by atoms with Crippen molar-refractivity contribution in [3.05, 3.63) is 29.8 Å². The molecule has 1 rings (SSSR count). The van der Waals surface area contributed by atoms with Gasteiger partial charge in [-0.2, -0.15) is 0 Å². The van der Waals surface area contributed by atoms with E-state index >= 15 is 0 Å². The normalized spacial score (nSPS) is 16.8. The standard InChI is InChI=1S/C13H23N3O2S/c1-4-12(15)13(5-2,16-19(3,17)18)10-7-6-8-11(14)9-10/h6-9,12,16H,4-5,14-15H2,1-3H3. The molecule has 0 amide bonds. The van der Waals surface area contributed by atoms with Gasteiger partial charge in [-0.15, -0.1) is 0 Å². The molecule has 0 saturated heterocycles. The van der Waals surface area contributed by atoms with Gasteiger partial charge in [0.1, 0.15) is 0 Å². The molecular weight excluding hydrogens is 262 g/mol. The minimum absolute atomic E-state index is 0.325. The van der Waals surface area contributed by atoms with Gasteiger partial charge < -0.3 is 11.5 Å². The van der Waals surface area contributed by atoms with Gasteiger partial charge >= 0.3 is 0 Å². The first-order chi connectivity index (χ1) is 8.75. The van der Waals surface area contributed by atoms with Crippen LogP contribution in [-0.4, -0.2) is 20.7 Å². The molecule has 0 aromatic heterocycles. The van der Waals surface area contributed by atoms with Gasteiger partial charge in [0.25, 0.3) is 0 Å². The molecule has 108 valence electrons. The van der Waals surface area contributed by atoms with Gasteiger partial charge in [-0.3, -0.25) is 0 Å². The van der Waals surface area contributed by atoms with Gasteiger partial charge in [0.15, 0.2) is 0 Å². The van der Waals surface area contributed by atoms with Crippen molar-refractivity contribution in [2.75, 3.05) is 12.0 Å². The Bertz CT molecular complexity index is 530. The largest absolute Gasteiger partial charge is 0.399 e. The number of anilines is 1. The van der Waals surface area contributed by atoms with Crippen molar-refractivity contribution < 1.29 is 8.42 Å². The summed E-state index contributed by atoms with van der Waals surface area (Å²) in [6.07, 6.45) is 2.36. The van der Waals surface area contributed by atoms with E-state index in [0.29, 0.717) is 18.5 Å². The maximum atomic E-state index is 11.7. The number of sulfonamides is 1. The van der Waals surface area contributed by atoms with E-state index in [1.54, 1.807) is 18.2 Å². The number of hydrogen-bond acceptors (Lipinski definition) is 4. The molecule has 0 aliphatic carbocycles. The fourth-order valence-corrected chi connectivity index (χ4v) is 3.46. The Balaban J connectivity index is 3.40. The minimum atomic E-state index is -3.38. The zero-order chi connectivity index (χ0) is 14.7. The van der Waals surface area contributed by atoms with Crippen molar-refractivity contribution in [3.8, 4) is 0 Å². The lowest BCUT2D eigenvalue weighted by molar-refractivity contribution is 0.299. The van der Waals surface area contributed by atoms with E-state index < -0.39 is 15.6 Å². The average molecular weight is 285 g/mol. The van der Waals surface area contributed by atoms with Crippen LogP contribution in [0.2, 0.25) is 0 Å². The number of nitrogens with two attached hydrogens (primary N) is 2. The quantitative estimate of drug-likeness (QED) is 0.683. The zero-order valence-electron chi connectivity index (χ0n) is 11.7. The van der Waals surface area contributed by atoms with Crippen molar-refractivity contribution in [3.63, 3.8) is 0 Å². The van der Waals surface area contributed by atoms with Crippen LogP contribution in [0.3, 0.4) is 0 Å². The highest BCUT2D eigenvalue weighted by molar-refractivity contribution is 7.88. The second-order valence-electron chi connectivity index (χ2n) is 4.84. The predicted octanol–water partition coefficient (Wildman–Crippen LogP) is 1.16. The molecule has 0 radical (unpaired) electrons. The molecule has 0 fully saturated rings. The Kier molecular flexibility index (Phi) is 4.95. The SMILES string of the molecule is CCC(N)C(CC)(NS(C)(=O)=O)c1cccc(N)c1. The lowest BCUT2D eigenvalue weighted by Crippen LogP contribution is -2.56. The topological polar surface area (TPSA) is 98.2 Å². The zero-order valence-corrected chi connectivity index (χ0v) is 12.5. The number of benzene rings is 1. The van der Waals surface area contributed by atoms with E-state index in [9.17, 15) is 8.42 Å². The average Bonchev–Trinajstić information content (AvgIpc) is 2.34. The number of nitrogen functional groups attached to an aromatic ring is 1. The van der Waals surface area contributed by atoms with Crippen LogP contribution in [0, 0.1) is 0 Å². The van der Waals surface area contributed by atoms with Crippen molar-refractivity contribution >= 4 is 15.7 Å². The molecule has 19 heavy (non-hydrogen) atoms. The summed E-state index contributed by atoms with van der Waals surface area (Å²) in [6, 6.07) is 6.88. The van der Waals surface area contributed by atoms with Crippen LogP contribution in [-0.2, 0) is 15.6 Å². The number of rotatable bonds is 6. The third-order valence-corrected chi connectivity index (χ3v) is 4.13. The highest BCUT2D eigenvalue weighted by Gasteiger charge is 2.38. The highest BCUT2D eigenvalue weighted by atomic mass is 32.2. The first-order valence-corrected chi connectivity index (χ1v) is 8.25. The van der Waals surface area contributed by atoms with Gasteiger partial charge in [0.05, 0.1) is 11.8 Å². The van der Waals surface area contributed by atoms with Gasteiger partial charge in [-0.05, 0) is 30.5 Å². The van der Waals surface area contributed by atoms with E-state index in [1.807, 2.05) is 19.9 Å². The van der Waals surface area contributed by atoms with E-state index in [2.05, 4.69) is 4.72 Å². The summed E-state index contributed by atoms with van der Waals surface area (Å²) in [5.74, 6) is 0. The summed E-state index contributed by atoms with van der Waals surface area (Å²) in [5, 5.41) is 0. The van der Waals surface area contributed by atoms with Crippen LogP contribution in [0.25, 0.3) is 0 Å². The van der Waals surface area contributed by atoms with Gasteiger partial charge in [-0.1, -0.05) is 26.0 Å².